The van der Waals surface area contributed by atoms with Crippen LogP contribution in [0.2, 0.25) is 0 Å². The van der Waals surface area contributed by atoms with Crippen molar-refractivity contribution in [3.05, 3.63) is 35.9 Å². The van der Waals surface area contributed by atoms with E-state index in [1.54, 1.807) is 7.05 Å². The summed E-state index contributed by atoms with van der Waals surface area (Å²) in [7, 11) is 5.76. The van der Waals surface area contributed by atoms with Gasteiger partial charge >= 0.3 is 12.1 Å². The number of amides is 4. The molecule has 1 heterocycles. The highest BCUT2D eigenvalue weighted by Crippen LogP contribution is 2.21. The zero-order valence-corrected chi connectivity index (χ0v) is 28.3. The van der Waals surface area contributed by atoms with Gasteiger partial charge in [0.05, 0.1) is 13.0 Å². The van der Waals surface area contributed by atoms with Crippen LogP contribution in [-0.4, -0.2) is 141 Å². The number of hydrogen-bond acceptors (Lipinski definition) is 10. The number of esters is 1. The minimum absolute atomic E-state index is 0.00909. The van der Waals surface area contributed by atoms with Gasteiger partial charge < -0.3 is 40.5 Å². The molecule has 14 nitrogen and oxygen atoms in total. The topological polar surface area (TPSA) is 167 Å². The fourth-order valence-electron chi connectivity index (χ4n) is 4.84. The molecule has 0 bridgehead atoms. The van der Waals surface area contributed by atoms with E-state index in [-0.39, 0.29) is 19.6 Å². The number of carbonyl (C=O) groups is 5. The molecule has 4 amide bonds. The van der Waals surface area contributed by atoms with Gasteiger partial charge in [-0.05, 0) is 60.3 Å². The van der Waals surface area contributed by atoms with Crippen LogP contribution < -0.4 is 16.4 Å². The molecule has 4 N–H and O–H groups in total. The number of nitrogens with two attached hydrogens (primary N) is 1. The number of ether oxygens (including phenoxy) is 2. The lowest BCUT2D eigenvalue weighted by molar-refractivity contribution is -0.155. The second-order valence-electron chi connectivity index (χ2n) is 12.8. The van der Waals surface area contributed by atoms with Crippen molar-refractivity contribution >= 4 is 29.8 Å². The summed E-state index contributed by atoms with van der Waals surface area (Å²) in [6.45, 7) is 9.86. The molecule has 1 aliphatic heterocycles. The molecular weight excluding hydrogens is 594 g/mol. The van der Waals surface area contributed by atoms with E-state index in [9.17, 15) is 24.0 Å². The first-order valence-corrected chi connectivity index (χ1v) is 15.8. The van der Waals surface area contributed by atoms with Crippen molar-refractivity contribution in [3.63, 3.8) is 0 Å². The summed E-state index contributed by atoms with van der Waals surface area (Å²) in [5.74, 6) is -2.21. The molecule has 0 saturated carbocycles. The lowest BCUT2D eigenvalue weighted by Gasteiger charge is -2.28. The van der Waals surface area contributed by atoms with Crippen molar-refractivity contribution < 1.29 is 33.4 Å². The molecule has 0 unspecified atom stereocenters. The standard InChI is InChI=1S/C32H53N7O7/c1-32(2,3)46-31(44)34-14-16-36(4)17-18-37(5)19-20-38(6)22-28(41)35-25(21-27(33)40)29(42)39-15-10-13-26(39)30(43)45-23-24-11-8-7-9-12-24/h7-9,11-12,25-26H,10,13-23H2,1-6H3,(H2,33,40)(H,34,44)(H,35,41)/t25-,26-/m0/s1. The molecular formula is C32H53N7O7. The molecule has 14 heteroatoms. The molecule has 0 aromatic heterocycles. The van der Waals surface area contributed by atoms with Crippen LogP contribution in [0.1, 0.15) is 45.6 Å². The average molecular weight is 648 g/mol. The maximum atomic E-state index is 13.4. The number of likely N-dealkylation sites (tertiary alicyclic amines) is 1. The smallest absolute Gasteiger partial charge is 0.407 e. The maximum absolute atomic E-state index is 13.4. The van der Waals surface area contributed by atoms with E-state index in [4.69, 9.17) is 15.2 Å². The highest BCUT2D eigenvalue weighted by molar-refractivity contribution is 5.94. The van der Waals surface area contributed by atoms with E-state index in [1.807, 2.05) is 70.1 Å². The fourth-order valence-corrected chi connectivity index (χ4v) is 4.84. The van der Waals surface area contributed by atoms with Crippen molar-refractivity contribution in [2.45, 2.75) is 64.3 Å². The Bertz CT molecular complexity index is 1150. The average Bonchev–Trinajstić information content (AvgIpc) is 3.46. The van der Waals surface area contributed by atoms with Gasteiger partial charge in [0.1, 0.15) is 24.3 Å². The monoisotopic (exact) mass is 647 g/mol. The number of nitrogens with zero attached hydrogens (tertiary/aromatic N) is 4. The van der Waals surface area contributed by atoms with Crippen molar-refractivity contribution in [1.29, 1.82) is 0 Å². The van der Waals surface area contributed by atoms with Gasteiger partial charge in [-0.2, -0.15) is 0 Å². The normalized spacial score (nSPS) is 15.6. The molecule has 1 aromatic rings. The zero-order chi connectivity index (χ0) is 34.3. The number of nitrogens with one attached hydrogen (secondary N) is 2. The molecule has 0 aliphatic carbocycles. The zero-order valence-electron chi connectivity index (χ0n) is 28.3. The molecule has 1 aromatic carbocycles. The van der Waals surface area contributed by atoms with Gasteiger partial charge in [0.2, 0.25) is 17.7 Å². The third-order valence-electron chi connectivity index (χ3n) is 7.37. The van der Waals surface area contributed by atoms with Gasteiger partial charge in [-0.25, -0.2) is 9.59 Å². The summed E-state index contributed by atoms with van der Waals surface area (Å²) in [6.07, 6.45) is 0.226. The molecule has 46 heavy (non-hydrogen) atoms. The number of rotatable bonds is 18. The molecule has 258 valence electrons. The van der Waals surface area contributed by atoms with Gasteiger partial charge in [0, 0.05) is 45.8 Å². The summed E-state index contributed by atoms with van der Waals surface area (Å²) in [6, 6.07) is 7.27. The largest absolute Gasteiger partial charge is 0.459 e. The van der Waals surface area contributed by atoms with E-state index in [2.05, 4.69) is 20.4 Å². The van der Waals surface area contributed by atoms with Crippen LogP contribution in [0.3, 0.4) is 0 Å². The van der Waals surface area contributed by atoms with E-state index in [0.717, 1.165) is 18.7 Å². The summed E-state index contributed by atoms with van der Waals surface area (Å²) < 4.78 is 10.7. The molecule has 1 aliphatic rings. The minimum Gasteiger partial charge on any atom is -0.459 e. The Morgan fingerprint density at radius 1 is 0.957 bits per heavy atom. The maximum Gasteiger partial charge on any atom is 0.407 e. The fraction of sp³-hybridized carbons (Fsp3) is 0.656. The van der Waals surface area contributed by atoms with Gasteiger partial charge in [0.15, 0.2) is 0 Å². The predicted molar refractivity (Wildman–Crippen MR) is 173 cm³/mol. The highest BCUT2D eigenvalue weighted by atomic mass is 16.6. The third-order valence-corrected chi connectivity index (χ3v) is 7.37. The Hall–Kier alpha value is -3.75. The predicted octanol–water partition coefficient (Wildman–Crippen LogP) is 0.401. The Kier molecular flexibility index (Phi) is 15.9. The Morgan fingerprint density at radius 3 is 2.17 bits per heavy atom. The Labute approximate surface area is 272 Å². The third kappa shape index (κ3) is 15.0. The van der Waals surface area contributed by atoms with Crippen molar-refractivity contribution in [3.8, 4) is 0 Å². The number of primary amides is 1. The van der Waals surface area contributed by atoms with E-state index >= 15 is 0 Å². The number of likely N-dealkylation sites (N-methyl/N-ethyl adjacent to an activating group) is 3. The second-order valence-corrected chi connectivity index (χ2v) is 12.8. The SMILES string of the molecule is CN(CCNC(=O)OC(C)(C)C)CCN(C)CCN(C)CC(=O)N[C@@H](CC(N)=O)C(=O)N1CCC[C@H]1C(=O)OCc1ccccc1. The molecule has 1 fully saturated rings. The number of carbonyl (C=O) groups excluding carboxylic acids is 5. The molecule has 2 atom stereocenters. The van der Waals surface area contributed by atoms with Gasteiger partial charge in [-0.15, -0.1) is 0 Å². The molecule has 0 spiro atoms. The van der Waals surface area contributed by atoms with Crippen LogP contribution in [0.25, 0.3) is 0 Å². The van der Waals surface area contributed by atoms with Gasteiger partial charge in [-0.3, -0.25) is 19.3 Å². The van der Waals surface area contributed by atoms with E-state index < -0.39 is 47.5 Å². The van der Waals surface area contributed by atoms with Gasteiger partial charge in [-0.1, -0.05) is 30.3 Å². The van der Waals surface area contributed by atoms with Crippen molar-refractivity contribution in [2.24, 2.45) is 5.73 Å². The second kappa shape index (κ2) is 19.0. The highest BCUT2D eigenvalue weighted by Gasteiger charge is 2.39. The first-order valence-electron chi connectivity index (χ1n) is 15.8. The van der Waals surface area contributed by atoms with Crippen LogP contribution >= 0.6 is 0 Å². The van der Waals surface area contributed by atoms with Crippen LogP contribution in [0, 0.1) is 0 Å². The first kappa shape index (κ1) is 38.4. The number of alkyl carbamates (subject to hydrolysis) is 1. The Morgan fingerprint density at radius 2 is 1.57 bits per heavy atom. The lowest BCUT2D eigenvalue weighted by atomic mass is 10.1. The lowest BCUT2D eigenvalue weighted by Crippen LogP contribution is -2.54. The number of benzene rings is 1. The van der Waals surface area contributed by atoms with Crippen molar-refractivity contribution in [1.82, 2.24) is 30.2 Å². The summed E-state index contributed by atoms with van der Waals surface area (Å²) in [5.41, 5.74) is 5.71. The summed E-state index contributed by atoms with van der Waals surface area (Å²) >= 11 is 0. The number of hydrogen-bond donors (Lipinski definition) is 3. The first-order chi connectivity index (χ1) is 21.6. The quantitative estimate of drug-likeness (QED) is 0.190. The van der Waals surface area contributed by atoms with Crippen molar-refractivity contribution in [2.75, 3.05) is 73.5 Å². The summed E-state index contributed by atoms with van der Waals surface area (Å²) in [4.78, 5) is 70.2. The van der Waals surface area contributed by atoms with Gasteiger partial charge in [0.25, 0.3) is 0 Å². The Balaban J connectivity index is 1.77. The van der Waals surface area contributed by atoms with Crippen LogP contribution in [-0.2, 0) is 35.3 Å². The molecule has 1 saturated heterocycles. The van der Waals surface area contributed by atoms with Crippen LogP contribution in [0.5, 0.6) is 0 Å². The van der Waals surface area contributed by atoms with Crippen LogP contribution in [0.15, 0.2) is 30.3 Å². The summed E-state index contributed by atoms with van der Waals surface area (Å²) in [5, 5.41) is 5.41. The molecule has 2 rings (SSSR count). The molecule has 0 radical (unpaired) electrons. The van der Waals surface area contributed by atoms with E-state index in [1.165, 1.54) is 4.90 Å². The van der Waals surface area contributed by atoms with Crippen LogP contribution in [0.4, 0.5) is 4.79 Å². The minimum atomic E-state index is -1.18. The van der Waals surface area contributed by atoms with E-state index in [0.29, 0.717) is 45.6 Å².